The Morgan fingerprint density at radius 1 is 1.13 bits per heavy atom. The van der Waals surface area contributed by atoms with Crippen LogP contribution in [0.3, 0.4) is 0 Å². The van der Waals surface area contributed by atoms with Crippen molar-refractivity contribution in [1.82, 2.24) is 4.90 Å². The van der Waals surface area contributed by atoms with Gasteiger partial charge in [-0.2, -0.15) is 0 Å². The van der Waals surface area contributed by atoms with Crippen LogP contribution in [0, 0.1) is 0 Å². The van der Waals surface area contributed by atoms with Crippen LogP contribution in [-0.2, 0) is 0 Å². The van der Waals surface area contributed by atoms with Gasteiger partial charge in [0.25, 0.3) is 0 Å². The monoisotopic (exact) mass is 205 g/mol. The highest BCUT2D eigenvalue weighted by atomic mass is 16.3. The Morgan fingerprint density at radius 3 is 2.33 bits per heavy atom. The molecule has 2 atom stereocenters. The van der Waals surface area contributed by atoms with E-state index in [4.69, 9.17) is 0 Å². The summed E-state index contributed by atoms with van der Waals surface area (Å²) in [4.78, 5) is 2.37. The summed E-state index contributed by atoms with van der Waals surface area (Å²) in [6.45, 7) is 4.37. The average molecular weight is 205 g/mol. The summed E-state index contributed by atoms with van der Waals surface area (Å²) in [7, 11) is 0. The van der Waals surface area contributed by atoms with Crippen molar-refractivity contribution in [2.24, 2.45) is 0 Å². The van der Waals surface area contributed by atoms with Crippen molar-refractivity contribution in [2.75, 3.05) is 13.1 Å². The molecule has 1 fully saturated rings. The zero-order valence-corrected chi connectivity index (χ0v) is 9.26. The minimum absolute atomic E-state index is 0.231. The van der Waals surface area contributed by atoms with Crippen molar-refractivity contribution in [3.8, 4) is 0 Å². The molecule has 1 aromatic rings. The Hall–Kier alpha value is -0.860. The Morgan fingerprint density at radius 2 is 1.73 bits per heavy atom. The molecule has 2 nitrogen and oxygen atoms in total. The average Bonchev–Trinajstić information content (AvgIpc) is 2.82. The number of hydrogen-bond donors (Lipinski definition) is 1. The topological polar surface area (TPSA) is 23.5 Å². The zero-order chi connectivity index (χ0) is 10.7. The molecule has 82 valence electrons. The largest absolute Gasteiger partial charge is 0.387 e. The molecule has 0 amide bonds. The fourth-order valence-corrected chi connectivity index (χ4v) is 2.28. The van der Waals surface area contributed by atoms with Gasteiger partial charge in [0.1, 0.15) is 0 Å². The van der Waals surface area contributed by atoms with Crippen LogP contribution in [0.4, 0.5) is 0 Å². The Kier molecular flexibility index (Phi) is 3.39. The molecule has 0 aromatic heterocycles. The zero-order valence-electron chi connectivity index (χ0n) is 9.26. The normalized spacial score (nSPS) is 21.5. The highest BCUT2D eigenvalue weighted by Crippen LogP contribution is 2.23. The highest BCUT2D eigenvalue weighted by Gasteiger charge is 2.24. The van der Waals surface area contributed by atoms with Gasteiger partial charge in [0.15, 0.2) is 0 Å². The van der Waals surface area contributed by atoms with Gasteiger partial charge in [0.05, 0.1) is 6.10 Å². The lowest BCUT2D eigenvalue weighted by Crippen LogP contribution is -2.35. The number of likely N-dealkylation sites (tertiary alicyclic amines) is 1. The molecular formula is C13H19NO. The number of aliphatic hydroxyl groups is 1. The predicted octanol–water partition coefficient (Wildman–Crippen LogP) is 2.20. The van der Waals surface area contributed by atoms with Gasteiger partial charge in [-0.15, -0.1) is 0 Å². The van der Waals surface area contributed by atoms with Crippen molar-refractivity contribution < 1.29 is 5.11 Å². The third-order valence-corrected chi connectivity index (χ3v) is 3.31. The quantitative estimate of drug-likeness (QED) is 0.817. The molecule has 1 N–H and O–H groups in total. The summed E-state index contributed by atoms with van der Waals surface area (Å²) >= 11 is 0. The van der Waals surface area contributed by atoms with Crippen LogP contribution >= 0.6 is 0 Å². The van der Waals surface area contributed by atoms with Crippen LogP contribution in [0.15, 0.2) is 30.3 Å². The Labute approximate surface area is 91.5 Å². The van der Waals surface area contributed by atoms with Crippen molar-refractivity contribution in [3.05, 3.63) is 35.9 Å². The molecule has 0 aliphatic carbocycles. The van der Waals surface area contributed by atoms with Gasteiger partial charge >= 0.3 is 0 Å². The van der Waals surface area contributed by atoms with Gasteiger partial charge < -0.3 is 5.11 Å². The van der Waals surface area contributed by atoms with E-state index >= 15 is 0 Å². The lowest BCUT2D eigenvalue weighted by molar-refractivity contribution is 0.0716. The minimum Gasteiger partial charge on any atom is -0.387 e. The molecule has 2 rings (SSSR count). The molecule has 15 heavy (non-hydrogen) atoms. The molecule has 0 spiro atoms. The summed E-state index contributed by atoms with van der Waals surface area (Å²) in [5.74, 6) is 0. The highest BCUT2D eigenvalue weighted by molar-refractivity contribution is 5.18. The van der Waals surface area contributed by atoms with Gasteiger partial charge in [-0.25, -0.2) is 0 Å². The first kappa shape index (κ1) is 10.7. The van der Waals surface area contributed by atoms with Crippen LogP contribution in [0.1, 0.15) is 31.4 Å². The van der Waals surface area contributed by atoms with Gasteiger partial charge in [-0.1, -0.05) is 30.3 Å². The fraction of sp³-hybridized carbons (Fsp3) is 0.538. The van der Waals surface area contributed by atoms with Crippen molar-refractivity contribution in [1.29, 1.82) is 0 Å². The minimum atomic E-state index is -0.357. The molecule has 1 saturated heterocycles. The van der Waals surface area contributed by atoms with Crippen molar-refractivity contribution >= 4 is 0 Å². The third kappa shape index (κ3) is 2.39. The summed E-state index contributed by atoms with van der Waals surface area (Å²) in [6.07, 6.45) is 2.18. The van der Waals surface area contributed by atoms with Crippen LogP contribution in [0.5, 0.6) is 0 Å². The van der Waals surface area contributed by atoms with Gasteiger partial charge in [0, 0.05) is 6.04 Å². The summed E-state index contributed by atoms with van der Waals surface area (Å²) in [6, 6.07) is 10.2. The van der Waals surface area contributed by atoms with Crippen molar-refractivity contribution in [3.63, 3.8) is 0 Å². The van der Waals surface area contributed by atoms with E-state index in [9.17, 15) is 5.11 Å². The maximum atomic E-state index is 10.2. The van der Waals surface area contributed by atoms with Crippen LogP contribution in [-0.4, -0.2) is 29.1 Å². The number of rotatable bonds is 3. The molecule has 1 aromatic carbocycles. The summed E-state index contributed by atoms with van der Waals surface area (Å²) in [5.41, 5.74) is 1.02. The lowest BCUT2D eigenvalue weighted by Gasteiger charge is -2.28. The van der Waals surface area contributed by atoms with Gasteiger partial charge in [-0.05, 0) is 38.4 Å². The summed E-state index contributed by atoms with van der Waals surface area (Å²) in [5, 5.41) is 10.2. The first-order valence-corrected chi connectivity index (χ1v) is 5.76. The van der Waals surface area contributed by atoms with Gasteiger partial charge in [0.2, 0.25) is 0 Å². The second-order valence-electron chi connectivity index (χ2n) is 4.34. The third-order valence-electron chi connectivity index (χ3n) is 3.31. The second kappa shape index (κ2) is 4.77. The van der Waals surface area contributed by atoms with E-state index in [0.29, 0.717) is 0 Å². The number of aliphatic hydroxyl groups excluding tert-OH is 1. The predicted molar refractivity (Wildman–Crippen MR) is 61.7 cm³/mol. The van der Waals surface area contributed by atoms with Crippen LogP contribution < -0.4 is 0 Å². The van der Waals surface area contributed by atoms with E-state index < -0.39 is 0 Å². The molecule has 1 heterocycles. The van der Waals surface area contributed by atoms with Gasteiger partial charge in [-0.3, -0.25) is 4.90 Å². The second-order valence-corrected chi connectivity index (χ2v) is 4.34. The maximum absolute atomic E-state index is 10.2. The molecular weight excluding hydrogens is 186 g/mol. The van der Waals surface area contributed by atoms with Crippen molar-refractivity contribution in [2.45, 2.75) is 31.9 Å². The lowest BCUT2D eigenvalue weighted by atomic mass is 10.0. The summed E-state index contributed by atoms with van der Waals surface area (Å²) < 4.78 is 0. The van der Waals surface area contributed by atoms with Crippen LogP contribution in [0.2, 0.25) is 0 Å². The smallest absolute Gasteiger partial charge is 0.0942 e. The number of benzene rings is 1. The Bertz CT molecular complexity index is 293. The number of hydrogen-bond acceptors (Lipinski definition) is 2. The maximum Gasteiger partial charge on any atom is 0.0942 e. The standard InChI is InChI=1S/C13H19NO/c1-11(14-9-5-6-10-14)13(15)12-7-3-2-4-8-12/h2-4,7-8,11,13,15H,5-6,9-10H2,1H3. The molecule has 0 radical (unpaired) electrons. The Balaban J connectivity index is 2.03. The molecule has 2 heteroatoms. The number of nitrogens with zero attached hydrogens (tertiary/aromatic N) is 1. The first-order chi connectivity index (χ1) is 7.29. The molecule has 0 saturated carbocycles. The molecule has 1 aliphatic rings. The first-order valence-electron chi connectivity index (χ1n) is 5.76. The van der Waals surface area contributed by atoms with E-state index in [0.717, 1.165) is 18.7 Å². The molecule has 1 aliphatic heterocycles. The van der Waals surface area contributed by atoms with E-state index in [1.54, 1.807) is 0 Å². The van der Waals surface area contributed by atoms with E-state index in [2.05, 4.69) is 11.8 Å². The van der Waals surface area contributed by atoms with E-state index in [1.165, 1.54) is 12.8 Å². The van der Waals surface area contributed by atoms with Crippen LogP contribution in [0.25, 0.3) is 0 Å². The molecule has 0 bridgehead atoms. The fourth-order valence-electron chi connectivity index (χ4n) is 2.28. The van der Waals surface area contributed by atoms with E-state index in [-0.39, 0.29) is 12.1 Å². The molecule has 2 unspecified atom stereocenters. The van der Waals surface area contributed by atoms with E-state index in [1.807, 2.05) is 30.3 Å². The SMILES string of the molecule is CC(C(O)c1ccccc1)N1CCCC1.